The van der Waals surface area contributed by atoms with Crippen molar-refractivity contribution in [1.29, 1.82) is 0 Å². The molecule has 1 unspecified atom stereocenters. The Morgan fingerprint density at radius 2 is 2.23 bits per heavy atom. The lowest BCUT2D eigenvalue weighted by Crippen LogP contribution is -2.03. The second kappa shape index (κ2) is 2.78. The number of benzene rings is 1. The first-order valence-electron chi connectivity index (χ1n) is 4.24. The number of hydrogen-bond acceptors (Lipinski definition) is 2. The molecular formula is C10H12N2O. The zero-order chi connectivity index (χ0) is 9.42. The molecule has 3 nitrogen and oxygen atoms in total. The zero-order valence-corrected chi connectivity index (χ0v) is 7.41. The van der Waals surface area contributed by atoms with E-state index in [0.29, 0.717) is 0 Å². The van der Waals surface area contributed by atoms with Gasteiger partial charge in [0.1, 0.15) is 5.75 Å². The first kappa shape index (κ1) is 8.13. The van der Waals surface area contributed by atoms with Gasteiger partial charge in [-0.3, -0.25) is 0 Å². The monoisotopic (exact) mass is 176 g/mol. The highest BCUT2D eigenvalue weighted by molar-refractivity contribution is 5.89. The van der Waals surface area contributed by atoms with E-state index in [2.05, 4.69) is 4.98 Å². The van der Waals surface area contributed by atoms with E-state index < -0.39 is 0 Å². The van der Waals surface area contributed by atoms with Crippen molar-refractivity contribution in [2.75, 3.05) is 0 Å². The van der Waals surface area contributed by atoms with Gasteiger partial charge in [-0.1, -0.05) is 6.07 Å². The van der Waals surface area contributed by atoms with Gasteiger partial charge in [-0.25, -0.2) is 0 Å². The van der Waals surface area contributed by atoms with E-state index in [1.165, 1.54) is 0 Å². The van der Waals surface area contributed by atoms with Crippen molar-refractivity contribution >= 4 is 10.9 Å². The molecule has 0 radical (unpaired) electrons. The molecule has 68 valence electrons. The predicted octanol–water partition coefficient (Wildman–Crippen LogP) is 1.89. The largest absolute Gasteiger partial charge is 0.507 e. The fourth-order valence-corrected chi connectivity index (χ4v) is 1.55. The minimum atomic E-state index is -0.0675. The molecule has 0 aliphatic rings. The van der Waals surface area contributed by atoms with E-state index in [1.807, 2.05) is 19.2 Å². The minimum Gasteiger partial charge on any atom is -0.507 e. The summed E-state index contributed by atoms with van der Waals surface area (Å²) in [7, 11) is 0. The summed E-state index contributed by atoms with van der Waals surface area (Å²) in [5.41, 5.74) is 7.64. The number of aromatic hydroxyl groups is 1. The van der Waals surface area contributed by atoms with Crippen LogP contribution in [0.25, 0.3) is 10.9 Å². The van der Waals surface area contributed by atoms with Crippen molar-refractivity contribution in [3.8, 4) is 5.75 Å². The van der Waals surface area contributed by atoms with Crippen molar-refractivity contribution in [3.63, 3.8) is 0 Å². The number of phenolic OH excluding ortho intramolecular Hbond substituents is 1. The number of hydrogen-bond donors (Lipinski definition) is 3. The van der Waals surface area contributed by atoms with Gasteiger partial charge in [-0.15, -0.1) is 0 Å². The lowest BCUT2D eigenvalue weighted by molar-refractivity contribution is 0.481. The molecule has 2 aromatic rings. The Labute approximate surface area is 76.2 Å². The molecule has 0 aliphatic carbocycles. The number of aromatic amines is 1. The topological polar surface area (TPSA) is 62.0 Å². The number of phenols is 1. The molecule has 0 amide bonds. The third-order valence-electron chi connectivity index (χ3n) is 2.20. The Balaban J connectivity index is 2.79. The SMILES string of the molecule is CC(N)c1c[nH]c2cccc(O)c12. The lowest BCUT2D eigenvalue weighted by atomic mass is 10.1. The van der Waals surface area contributed by atoms with Crippen LogP contribution in [0.3, 0.4) is 0 Å². The highest BCUT2D eigenvalue weighted by Crippen LogP contribution is 2.30. The van der Waals surface area contributed by atoms with Crippen LogP contribution in [0.15, 0.2) is 24.4 Å². The Morgan fingerprint density at radius 3 is 2.92 bits per heavy atom. The molecule has 0 saturated carbocycles. The van der Waals surface area contributed by atoms with Gasteiger partial charge in [0.25, 0.3) is 0 Å². The average molecular weight is 176 g/mol. The van der Waals surface area contributed by atoms with Gasteiger partial charge in [-0.05, 0) is 24.6 Å². The summed E-state index contributed by atoms with van der Waals surface area (Å²) in [5.74, 6) is 0.283. The summed E-state index contributed by atoms with van der Waals surface area (Å²) >= 11 is 0. The van der Waals surface area contributed by atoms with Crippen LogP contribution in [0.5, 0.6) is 5.75 Å². The van der Waals surface area contributed by atoms with Gasteiger partial charge < -0.3 is 15.8 Å². The highest BCUT2D eigenvalue weighted by atomic mass is 16.3. The molecule has 0 fully saturated rings. The molecule has 1 heterocycles. The molecule has 1 aromatic heterocycles. The van der Waals surface area contributed by atoms with E-state index in [9.17, 15) is 5.11 Å². The zero-order valence-electron chi connectivity index (χ0n) is 7.41. The molecule has 0 aliphatic heterocycles. The second-order valence-corrected chi connectivity index (χ2v) is 3.23. The van der Waals surface area contributed by atoms with Crippen LogP contribution in [-0.4, -0.2) is 10.1 Å². The van der Waals surface area contributed by atoms with E-state index in [1.54, 1.807) is 12.1 Å². The van der Waals surface area contributed by atoms with Crippen LogP contribution in [0.4, 0.5) is 0 Å². The Kier molecular flexibility index (Phi) is 1.74. The number of nitrogens with one attached hydrogen (secondary N) is 1. The summed E-state index contributed by atoms with van der Waals surface area (Å²) in [6.45, 7) is 1.90. The normalized spacial score (nSPS) is 13.4. The molecule has 1 aromatic carbocycles. The average Bonchev–Trinajstić information content (AvgIpc) is 2.49. The van der Waals surface area contributed by atoms with Gasteiger partial charge in [0.05, 0.1) is 0 Å². The van der Waals surface area contributed by atoms with Crippen LogP contribution < -0.4 is 5.73 Å². The summed E-state index contributed by atoms with van der Waals surface area (Å²) in [4.78, 5) is 3.07. The minimum absolute atomic E-state index is 0.0675. The number of rotatable bonds is 1. The fraction of sp³-hybridized carbons (Fsp3) is 0.200. The number of H-pyrrole nitrogens is 1. The summed E-state index contributed by atoms with van der Waals surface area (Å²) in [6.07, 6.45) is 1.84. The van der Waals surface area contributed by atoms with E-state index in [4.69, 9.17) is 5.73 Å². The third kappa shape index (κ3) is 1.17. The van der Waals surface area contributed by atoms with Gasteiger partial charge in [0.15, 0.2) is 0 Å². The molecule has 0 spiro atoms. The summed E-state index contributed by atoms with van der Waals surface area (Å²) < 4.78 is 0. The maximum absolute atomic E-state index is 9.61. The molecule has 0 saturated heterocycles. The van der Waals surface area contributed by atoms with Crippen LogP contribution in [0.1, 0.15) is 18.5 Å². The van der Waals surface area contributed by atoms with Gasteiger partial charge >= 0.3 is 0 Å². The van der Waals surface area contributed by atoms with Gasteiger partial charge in [0.2, 0.25) is 0 Å². The maximum Gasteiger partial charge on any atom is 0.125 e. The van der Waals surface area contributed by atoms with Crippen molar-refractivity contribution in [3.05, 3.63) is 30.0 Å². The molecule has 13 heavy (non-hydrogen) atoms. The quantitative estimate of drug-likeness (QED) is 0.621. The second-order valence-electron chi connectivity index (χ2n) is 3.23. The number of nitrogens with two attached hydrogens (primary N) is 1. The van der Waals surface area contributed by atoms with Crippen molar-refractivity contribution in [1.82, 2.24) is 4.98 Å². The van der Waals surface area contributed by atoms with E-state index in [0.717, 1.165) is 16.5 Å². The number of aromatic nitrogens is 1. The smallest absolute Gasteiger partial charge is 0.125 e. The third-order valence-corrected chi connectivity index (χ3v) is 2.20. The first-order valence-corrected chi connectivity index (χ1v) is 4.24. The Bertz CT molecular complexity index is 431. The molecule has 0 bridgehead atoms. The van der Waals surface area contributed by atoms with E-state index >= 15 is 0 Å². The summed E-state index contributed by atoms with van der Waals surface area (Å²) in [5, 5.41) is 10.4. The summed E-state index contributed by atoms with van der Waals surface area (Å²) in [6, 6.07) is 5.32. The molecule has 2 rings (SSSR count). The van der Waals surface area contributed by atoms with Gasteiger partial charge in [0, 0.05) is 23.1 Å². The fourth-order valence-electron chi connectivity index (χ4n) is 1.55. The molecule has 3 heteroatoms. The standard InChI is InChI=1S/C10H12N2O/c1-6(11)7-5-12-8-3-2-4-9(13)10(7)8/h2-6,12-13H,11H2,1H3. The van der Waals surface area contributed by atoms with Crippen LogP contribution in [0.2, 0.25) is 0 Å². The first-order chi connectivity index (χ1) is 6.20. The lowest BCUT2D eigenvalue weighted by Gasteiger charge is -2.03. The van der Waals surface area contributed by atoms with Crippen LogP contribution in [-0.2, 0) is 0 Å². The molecule has 4 N–H and O–H groups in total. The van der Waals surface area contributed by atoms with Gasteiger partial charge in [-0.2, -0.15) is 0 Å². The van der Waals surface area contributed by atoms with Crippen LogP contribution in [0, 0.1) is 0 Å². The molecular weight excluding hydrogens is 164 g/mol. The molecule has 1 atom stereocenters. The maximum atomic E-state index is 9.61. The Hall–Kier alpha value is -1.48. The number of fused-ring (bicyclic) bond motifs is 1. The van der Waals surface area contributed by atoms with Crippen molar-refractivity contribution in [2.45, 2.75) is 13.0 Å². The Morgan fingerprint density at radius 1 is 1.46 bits per heavy atom. The van der Waals surface area contributed by atoms with Crippen molar-refractivity contribution < 1.29 is 5.11 Å². The van der Waals surface area contributed by atoms with Crippen molar-refractivity contribution in [2.24, 2.45) is 5.73 Å². The van der Waals surface area contributed by atoms with Crippen LogP contribution >= 0.6 is 0 Å². The van der Waals surface area contributed by atoms with E-state index in [-0.39, 0.29) is 11.8 Å². The predicted molar refractivity (Wildman–Crippen MR) is 52.6 cm³/mol. The highest BCUT2D eigenvalue weighted by Gasteiger charge is 2.10.